The van der Waals surface area contributed by atoms with Crippen molar-refractivity contribution in [3.05, 3.63) is 71.9 Å². The third kappa shape index (κ3) is 7.20. The van der Waals surface area contributed by atoms with Gasteiger partial charge >= 0.3 is 5.97 Å². The molecule has 1 aliphatic rings. The number of carboxylic acids is 1. The van der Waals surface area contributed by atoms with Crippen molar-refractivity contribution in [2.45, 2.75) is 50.2 Å². The van der Waals surface area contributed by atoms with E-state index in [2.05, 4.69) is 15.6 Å². The van der Waals surface area contributed by atoms with Crippen LogP contribution in [-0.4, -0.2) is 78.7 Å². The number of nitrogens with zero attached hydrogens (tertiary/aromatic N) is 3. The molecule has 1 saturated heterocycles. The Bertz CT molecular complexity index is 1380. The highest BCUT2D eigenvalue weighted by atomic mass is 16.6. The van der Waals surface area contributed by atoms with E-state index in [1.165, 1.54) is 4.68 Å². The van der Waals surface area contributed by atoms with Gasteiger partial charge in [-0.2, -0.15) is 0 Å². The van der Waals surface area contributed by atoms with E-state index in [0.29, 0.717) is 5.56 Å². The van der Waals surface area contributed by atoms with E-state index in [1.54, 1.807) is 42.5 Å². The Labute approximate surface area is 234 Å². The van der Waals surface area contributed by atoms with Crippen LogP contribution >= 0.6 is 0 Å². The Morgan fingerprint density at radius 1 is 0.976 bits per heavy atom. The number of ketones is 1. The zero-order valence-corrected chi connectivity index (χ0v) is 22.0. The fourth-order valence-electron chi connectivity index (χ4n) is 4.73. The van der Waals surface area contributed by atoms with Crippen molar-refractivity contribution in [1.29, 1.82) is 0 Å². The molecule has 0 radical (unpaired) electrons. The maximum absolute atomic E-state index is 13.2. The third-order valence-corrected chi connectivity index (χ3v) is 6.82. The van der Waals surface area contributed by atoms with Crippen molar-refractivity contribution < 1.29 is 39.2 Å². The molecule has 0 spiro atoms. The SMILES string of the molecule is NC(=O)c1nnn([C@@H]2O[C@H](CNC(=O)[C@@H](CC(=O)CCC(=O)O)Cc3ccccc3)[C@@H](O)[C@H]2O)c1-c1ccccc1. The zero-order valence-electron chi connectivity index (χ0n) is 22.0. The van der Waals surface area contributed by atoms with E-state index < -0.39 is 48.2 Å². The topological polar surface area (TPSA) is 207 Å². The number of aliphatic carboxylic acids is 1. The number of carbonyl (C=O) groups is 4. The van der Waals surface area contributed by atoms with Crippen LogP contribution in [-0.2, 0) is 25.5 Å². The molecule has 1 aromatic heterocycles. The minimum absolute atomic E-state index is 0.144. The van der Waals surface area contributed by atoms with Gasteiger partial charge in [0.25, 0.3) is 5.91 Å². The normalized spacial score (nSPS) is 20.8. The molecule has 1 fully saturated rings. The van der Waals surface area contributed by atoms with Crippen LogP contribution in [0, 0.1) is 5.92 Å². The lowest BCUT2D eigenvalue weighted by Gasteiger charge is -2.20. The monoisotopic (exact) mass is 565 g/mol. The van der Waals surface area contributed by atoms with Gasteiger partial charge in [0.1, 0.15) is 29.8 Å². The van der Waals surface area contributed by atoms with Crippen LogP contribution in [0.4, 0.5) is 0 Å². The molecule has 3 aromatic rings. The summed E-state index contributed by atoms with van der Waals surface area (Å²) in [5.74, 6) is -3.59. The van der Waals surface area contributed by atoms with Crippen LogP contribution in [0.15, 0.2) is 60.7 Å². The molecule has 41 heavy (non-hydrogen) atoms. The summed E-state index contributed by atoms with van der Waals surface area (Å²) in [4.78, 5) is 48.5. The van der Waals surface area contributed by atoms with E-state index >= 15 is 0 Å². The van der Waals surface area contributed by atoms with Crippen LogP contribution in [0.5, 0.6) is 0 Å². The maximum Gasteiger partial charge on any atom is 0.303 e. The molecule has 13 nitrogen and oxygen atoms in total. The average Bonchev–Trinajstić information content (AvgIpc) is 3.52. The Morgan fingerprint density at radius 2 is 1.63 bits per heavy atom. The van der Waals surface area contributed by atoms with Crippen molar-refractivity contribution in [3.8, 4) is 11.3 Å². The van der Waals surface area contributed by atoms with Gasteiger partial charge in [-0.05, 0) is 12.0 Å². The fourth-order valence-corrected chi connectivity index (χ4v) is 4.73. The quantitative estimate of drug-likeness (QED) is 0.193. The van der Waals surface area contributed by atoms with Crippen LogP contribution in [0.25, 0.3) is 11.3 Å². The average molecular weight is 566 g/mol. The zero-order chi connectivity index (χ0) is 29.5. The summed E-state index contributed by atoms with van der Waals surface area (Å²) in [7, 11) is 0. The Morgan fingerprint density at radius 3 is 2.27 bits per heavy atom. The molecular weight excluding hydrogens is 534 g/mol. The number of benzene rings is 2. The summed E-state index contributed by atoms with van der Waals surface area (Å²) in [6.45, 7) is -0.208. The number of rotatable bonds is 13. The van der Waals surface area contributed by atoms with Gasteiger partial charge in [0.15, 0.2) is 11.9 Å². The van der Waals surface area contributed by atoms with Gasteiger partial charge in [-0.3, -0.25) is 19.2 Å². The third-order valence-electron chi connectivity index (χ3n) is 6.82. The largest absolute Gasteiger partial charge is 0.481 e. The molecule has 0 aliphatic carbocycles. The van der Waals surface area contributed by atoms with Gasteiger partial charge in [-0.1, -0.05) is 65.9 Å². The van der Waals surface area contributed by atoms with Crippen molar-refractivity contribution in [1.82, 2.24) is 20.3 Å². The standard InChI is InChI=1S/C28H31N5O8/c29-26(39)22-23(17-9-5-2-6-10-17)33(32-31-22)28-25(38)24(37)20(41-28)15-30-27(40)18(13-16-7-3-1-4-8-16)14-19(34)11-12-21(35)36/h1-10,18,20,24-25,28,37-38H,11-15H2,(H2,29,39)(H,30,40)(H,35,36)/t18-,20-,24-,25-,28-/m1/s1. The molecule has 0 saturated carbocycles. The summed E-state index contributed by atoms with van der Waals surface area (Å²) in [6.07, 6.45) is -5.69. The van der Waals surface area contributed by atoms with Crippen molar-refractivity contribution >= 4 is 23.6 Å². The van der Waals surface area contributed by atoms with Gasteiger partial charge in [0, 0.05) is 30.9 Å². The van der Waals surface area contributed by atoms with Crippen molar-refractivity contribution in [2.75, 3.05) is 6.54 Å². The molecule has 2 amide bonds. The lowest BCUT2D eigenvalue weighted by Crippen LogP contribution is -2.42. The van der Waals surface area contributed by atoms with E-state index in [-0.39, 0.29) is 49.4 Å². The summed E-state index contributed by atoms with van der Waals surface area (Å²) >= 11 is 0. The lowest BCUT2D eigenvalue weighted by molar-refractivity contribution is -0.138. The predicted molar refractivity (Wildman–Crippen MR) is 143 cm³/mol. The van der Waals surface area contributed by atoms with Crippen LogP contribution in [0.3, 0.4) is 0 Å². The molecule has 0 unspecified atom stereocenters. The number of nitrogens with one attached hydrogen (secondary N) is 1. The summed E-state index contributed by atoms with van der Waals surface area (Å²) in [6, 6.07) is 17.7. The van der Waals surface area contributed by atoms with Crippen molar-refractivity contribution in [2.24, 2.45) is 11.7 Å². The smallest absolute Gasteiger partial charge is 0.303 e. The molecule has 2 aromatic carbocycles. The molecular formula is C28H31N5O8. The van der Waals surface area contributed by atoms with E-state index in [1.807, 2.05) is 18.2 Å². The Kier molecular flexibility index (Phi) is 9.55. The number of Topliss-reactive ketones (excluding diaryl/α,β-unsaturated/α-hetero) is 1. The van der Waals surface area contributed by atoms with Gasteiger partial charge in [-0.25, -0.2) is 4.68 Å². The second-order valence-corrected chi connectivity index (χ2v) is 9.78. The van der Waals surface area contributed by atoms with Crippen LogP contribution < -0.4 is 11.1 Å². The predicted octanol–water partition coefficient (Wildman–Crippen LogP) is 0.462. The summed E-state index contributed by atoms with van der Waals surface area (Å²) < 4.78 is 7.05. The maximum atomic E-state index is 13.2. The number of carbonyl (C=O) groups excluding carboxylic acids is 3. The number of hydrogen-bond donors (Lipinski definition) is 5. The van der Waals surface area contributed by atoms with Gasteiger partial charge in [0.2, 0.25) is 5.91 Å². The number of hydrogen-bond acceptors (Lipinski definition) is 9. The number of ether oxygens (including phenoxy) is 1. The number of nitrogens with two attached hydrogens (primary N) is 1. The van der Waals surface area contributed by atoms with Gasteiger partial charge in [-0.15, -0.1) is 5.10 Å². The molecule has 0 bridgehead atoms. The minimum Gasteiger partial charge on any atom is -0.481 e. The molecule has 2 heterocycles. The molecule has 4 rings (SSSR count). The van der Waals surface area contributed by atoms with Crippen LogP contribution in [0.1, 0.15) is 41.5 Å². The molecule has 6 N–H and O–H groups in total. The Hall–Kier alpha value is -4.46. The number of aromatic nitrogens is 3. The second-order valence-electron chi connectivity index (χ2n) is 9.78. The first kappa shape index (κ1) is 29.5. The van der Waals surface area contributed by atoms with E-state index in [0.717, 1.165) is 5.56 Å². The molecule has 216 valence electrons. The molecule has 5 atom stereocenters. The summed E-state index contributed by atoms with van der Waals surface area (Å²) in [5, 5.41) is 40.9. The number of aliphatic hydroxyl groups excluding tert-OH is 2. The van der Waals surface area contributed by atoms with E-state index in [9.17, 15) is 29.4 Å². The number of amides is 2. The lowest BCUT2D eigenvalue weighted by atomic mass is 9.92. The number of carboxylic acid groups (broad SMARTS) is 1. The molecule has 1 aliphatic heterocycles. The van der Waals surface area contributed by atoms with Crippen LogP contribution in [0.2, 0.25) is 0 Å². The van der Waals surface area contributed by atoms with Crippen molar-refractivity contribution in [3.63, 3.8) is 0 Å². The number of primary amides is 1. The highest BCUT2D eigenvalue weighted by Gasteiger charge is 2.45. The number of aliphatic hydroxyl groups is 2. The first-order valence-electron chi connectivity index (χ1n) is 13.0. The van der Waals surface area contributed by atoms with Gasteiger partial charge in [0.05, 0.1) is 6.42 Å². The Balaban J connectivity index is 1.47. The summed E-state index contributed by atoms with van der Waals surface area (Å²) in [5.41, 5.74) is 6.88. The highest BCUT2D eigenvalue weighted by molar-refractivity contribution is 5.96. The minimum atomic E-state index is -1.49. The van der Waals surface area contributed by atoms with Gasteiger partial charge < -0.3 is 31.1 Å². The second kappa shape index (κ2) is 13.3. The highest BCUT2D eigenvalue weighted by Crippen LogP contribution is 2.33. The van der Waals surface area contributed by atoms with E-state index in [4.69, 9.17) is 15.6 Å². The first-order chi connectivity index (χ1) is 19.7. The fraction of sp³-hybridized carbons (Fsp3) is 0.357. The first-order valence-corrected chi connectivity index (χ1v) is 13.0. The molecule has 13 heteroatoms.